The minimum atomic E-state index is 0. The highest BCUT2D eigenvalue weighted by Gasteiger charge is 1.99. The standard InChI is InChI=1S/C16H27N3.HI/c1-5-17-16(19-12-13(2)3)18-10-9-15-8-6-7-14(4)11-15;/h6-8,11,13H,5,9-10,12H2,1-4H3,(H2,17,18,19);1H. The lowest BCUT2D eigenvalue weighted by Gasteiger charge is -2.12. The monoisotopic (exact) mass is 389 g/mol. The van der Waals surface area contributed by atoms with Gasteiger partial charge in [-0.05, 0) is 31.7 Å². The van der Waals surface area contributed by atoms with Gasteiger partial charge in [0.1, 0.15) is 0 Å². The van der Waals surface area contributed by atoms with Crippen molar-refractivity contribution < 1.29 is 0 Å². The normalized spacial score (nSPS) is 11.2. The van der Waals surface area contributed by atoms with Crippen LogP contribution in [0.25, 0.3) is 0 Å². The Morgan fingerprint density at radius 2 is 2.00 bits per heavy atom. The molecule has 0 heterocycles. The van der Waals surface area contributed by atoms with E-state index in [1.54, 1.807) is 0 Å². The van der Waals surface area contributed by atoms with Gasteiger partial charge in [-0.3, -0.25) is 4.99 Å². The zero-order valence-electron chi connectivity index (χ0n) is 13.1. The van der Waals surface area contributed by atoms with E-state index in [1.807, 2.05) is 0 Å². The average molecular weight is 389 g/mol. The number of nitrogens with zero attached hydrogens (tertiary/aromatic N) is 1. The molecule has 1 aromatic carbocycles. The van der Waals surface area contributed by atoms with Crippen LogP contribution in [0.15, 0.2) is 29.3 Å². The topological polar surface area (TPSA) is 36.4 Å². The van der Waals surface area contributed by atoms with E-state index >= 15 is 0 Å². The summed E-state index contributed by atoms with van der Waals surface area (Å²) in [6, 6.07) is 8.65. The quantitative estimate of drug-likeness (QED) is 0.445. The van der Waals surface area contributed by atoms with Crippen molar-refractivity contribution in [2.24, 2.45) is 10.9 Å². The fraction of sp³-hybridized carbons (Fsp3) is 0.562. The molecule has 0 radical (unpaired) electrons. The fourth-order valence-corrected chi connectivity index (χ4v) is 1.81. The molecule has 0 bridgehead atoms. The first-order chi connectivity index (χ1) is 9.11. The lowest BCUT2D eigenvalue weighted by Crippen LogP contribution is -2.38. The first-order valence-corrected chi connectivity index (χ1v) is 7.19. The van der Waals surface area contributed by atoms with Gasteiger partial charge in [-0.15, -0.1) is 24.0 Å². The van der Waals surface area contributed by atoms with Gasteiger partial charge in [-0.1, -0.05) is 43.7 Å². The number of aryl methyl sites for hydroxylation is 1. The maximum Gasteiger partial charge on any atom is 0.191 e. The van der Waals surface area contributed by atoms with Crippen LogP contribution in [-0.2, 0) is 6.42 Å². The molecular weight excluding hydrogens is 361 g/mol. The number of halogens is 1. The maximum atomic E-state index is 4.56. The molecule has 0 spiro atoms. The zero-order chi connectivity index (χ0) is 14.1. The number of hydrogen-bond acceptors (Lipinski definition) is 1. The zero-order valence-corrected chi connectivity index (χ0v) is 15.4. The third kappa shape index (κ3) is 8.40. The molecule has 0 fully saturated rings. The van der Waals surface area contributed by atoms with Crippen LogP contribution in [0.4, 0.5) is 0 Å². The number of nitrogens with one attached hydrogen (secondary N) is 2. The molecule has 4 heteroatoms. The molecule has 0 aliphatic rings. The van der Waals surface area contributed by atoms with E-state index in [-0.39, 0.29) is 24.0 Å². The number of rotatable bonds is 6. The molecule has 20 heavy (non-hydrogen) atoms. The summed E-state index contributed by atoms with van der Waals surface area (Å²) >= 11 is 0. The van der Waals surface area contributed by atoms with Crippen LogP contribution in [0.5, 0.6) is 0 Å². The van der Waals surface area contributed by atoms with Gasteiger partial charge in [0, 0.05) is 19.6 Å². The summed E-state index contributed by atoms with van der Waals surface area (Å²) in [4.78, 5) is 4.56. The molecule has 0 unspecified atom stereocenters. The van der Waals surface area contributed by atoms with E-state index in [2.05, 4.69) is 67.6 Å². The van der Waals surface area contributed by atoms with E-state index < -0.39 is 0 Å². The largest absolute Gasteiger partial charge is 0.357 e. The van der Waals surface area contributed by atoms with E-state index in [1.165, 1.54) is 11.1 Å². The Labute approximate surface area is 140 Å². The maximum absolute atomic E-state index is 4.56. The van der Waals surface area contributed by atoms with Crippen LogP contribution >= 0.6 is 24.0 Å². The molecule has 3 nitrogen and oxygen atoms in total. The molecule has 114 valence electrons. The lowest BCUT2D eigenvalue weighted by atomic mass is 10.1. The lowest BCUT2D eigenvalue weighted by molar-refractivity contribution is 0.656. The van der Waals surface area contributed by atoms with Gasteiger partial charge in [0.2, 0.25) is 0 Å². The minimum absolute atomic E-state index is 0. The second-order valence-corrected chi connectivity index (χ2v) is 5.28. The Bertz CT molecular complexity index is 402. The first kappa shape index (κ1) is 19.2. The van der Waals surface area contributed by atoms with Gasteiger partial charge < -0.3 is 10.6 Å². The predicted octanol–water partition coefficient (Wildman–Crippen LogP) is 3.37. The van der Waals surface area contributed by atoms with Crippen molar-refractivity contribution >= 4 is 29.9 Å². The van der Waals surface area contributed by atoms with E-state index in [0.717, 1.165) is 32.0 Å². The van der Waals surface area contributed by atoms with Gasteiger partial charge in [-0.2, -0.15) is 0 Å². The molecule has 0 saturated heterocycles. The van der Waals surface area contributed by atoms with Crippen LogP contribution in [0.1, 0.15) is 31.9 Å². The highest BCUT2D eigenvalue weighted by molar-refractivity contribution is 14.0. The average Bonchev–Trinajstić information content (AvgIpc) is 2.36. The van der Waals surface area contributed by atoms with Crippen molar-refractivity contribution in [1.82, 2.24) is 10.6 Å². The Morgan fingerprint density at radius 1 is 1.25 bits per heavy atom. The van der Waals surface area contributed by atoms with E-state index in [0.29, 0.717) is 5.92 Å². The minimum Gasteiger partial charge on any atom is -0.357 e. The van der Waals surface area contributed by atoms with Crippen LogP contribution in [0.3, 0.4) is 0 Å². The van der Waals surface area contributed by atoms with E-state index in [9.17, 15) is 0 Å². The highest BCUT2D eigenvalue weighted by Crippen LogP contribution is 2.03. The number of guanidine groups is 1. The third-order valence-corrected chi connectivity index (χ3v) is 2.75. The van der Waals surface area contributed by atoms with E-state index in [4.69, 9.17) is 0 Å². The van der Waals surface area contributed by atoms with Crippen molar-refractivity contribution in [2.45, 2.75) is 34.1 Å². The Morgan fingerprint density at radius 3 is 2.60 bits per heavy atom. The fourth-order valence-electron chi connectivity index (χ4n) is 1.81. The van der Waals surface area contributed by atoms with Crippen molar-refractivity contribution in [1.29, 1.82) is 0 Å². The molecule has 1 rings (SSSR count). The molecule has 0 aromatic heterocycles. The summed E-state index contributed by atoms with van der Waals surface area (Å²) in [6.45, 7) is 11.2. The molecule has 0 saturated carbocycles. The van der Waals surface area contributed by atoms with Gasteiger partial charge in [0.15, 0.2) is 5.96 Å². The molecule has 0 atom stereocenters. The van der Waals surface area contributed by atoms with Gasteiger partial charge in [-0.25, -0.2) is 0 Å². The van der Waals surface area contributed by atoms with Crippen LogP contribution < -0.4 is 10.6 Å². The summed E-state index contributed by atoms with van der Waals surface area (Å²) in [5.41, 5.74) is 2.69. The van der Waals surface area contributed by atoms with Crippen molar-refractivity contribution in [3.05, 3.63) is 35.4 Å². The van der Waals surface area contributed by atoms with Crippen molar-refractivity contribution in [3.63, 3.8) is 0 Å². The van der Waals surface area contributed by atoms with Crippen LogP contribution in [0.2, 0.25) is 0 Å². The van der Waals surface area contributed by atoms with Crippen molar-refractivity contribution in [2.75, 3.05) is 19.6 Å². The third-order valence-electron chi connectivity index (χ3n) is 2.75. The number of hydrogen-bond donors (Lipinski definition) is 2. The first-order valence-electron chi connectivity index (χ1n) is 7.19. The smallest absolute Gasteiger partial charge is 0.191 e. The predicted molar refractivity (Wildman–Crippen MR) is 99.1 cm³/mol. The summed E-state index contributed by atoms with van der Waals surface area (Å²) in [7, 11) is 0. The van der Waals surface area contributed by atoms with Crippen LogP contribution in [0, 0.1) is 12.8 Å². The molecule has 1 aromatic rings. The van der Waals surface area contributed by atoms with Crippen molar-refractivity contribution in [3.8, 4) is 0 Å². The second-order valence-electron chi connectivity index (χ2n) is 5.28. The SMILES string of the molecule is CCNC(=NCC(C)C)NCCc1cccc(C)c1.I. The summed E-state index contributed by atoms with van der Waals surface area (Å²) in [5.74, 6) is 1.51. The highest BCUT2D eigenvalue weighted by atomic mass is 127. The van der Waals surface area contributed by atoms with Crippen LogP contribution in [-0.4, -0.2) is 25.6 Å². The van der Waals surface area contributed by atoms with Gasteiger partial charge >= 0.3 is 0 Å². The van der Waals surface area contributed by atoms with Gasteiger partial charge in [0.05, 0.1) is 0 Å². The molecule has 0 amide bonds. The Hall–Kier alpha value is -0.780. The second kappa shape index (κ2) is 10.9. The summed E-state index contributed by atoms with van der Waals surface area (Å²) in [6.07, 6.45) is 1.02. The number of benzene rings is 1. The summed E-state index contributed by atoms with van der Waals surface area (Å²) in [5, 5.41) is 6.66. The Kier molecular flexibility index (Phi) is 10.5. The number of aliphatic imine (C=N–C) groups is 1. The molecule has 2 N–H and O–H groups in total. The molecule has 0 aliphatic carbocycles. The summed E-state index contributed by atoms with van der Waals surface area (Å²) < 4.78 is 0. The Balaban J connectivity index is 0.00000361. The molecular formula is C16H28IN3. The molecule has 0 aliphatic heterocycles. The van der Waals surface area contributed by atoms with Gasteiger partial charge in [0.25, 0.3) is 0 Å².